The fourth-order valence-electron chi connectivity index (χ4n) is 1.97. The average molecular weight is 227 g/mol. The first-order valence-corrected chi connectivity index (χ1v) is 5.78. The van der Waals surface area contributed by atoms with Gasteiger partial charge in [0.15, 0.2) is 0 Å². The molecule has 0 unspecified atom stereocenters. The van der Waals surface area contributed by atoms with E-state index >= 15 is 0 Å². The van der Waals surface area contributed by atoms with Gasteiger partial charge in [0.25, 0.3) is 0 Å². The van der Waals surface area contributed by atoms with Gasteiger partial charge in [-0.3, -0.25) is 0 Å². The third kappa shape index (κ3) is 2.93. The van der Waals surface area contributed by atoms with E-state index in [1.807, 2.05) is 0 Å². The van der Waals surface area contributed by atoms with E-state index in [-0.39, 0.29) is 0 Å². The highest BCUT2D eigenvalue weighted by Crippen LogP contribution is 2.23. The van der Waals surface area contributed by atoms with Crippen molar-refractivity contribution in [3.8, 4) is 11.1 Å². The average Bonchev–Trinajstić information content (AvgIpc) is 2.37. The number of rotatable bonds is 4. The van der Waals surface area contributed by atoms with Crippen molar-refractivity contribution in [3.05, 3.63) is 59.7 Å². The molecule has 0 bridgehead atoms. The Hall–Kier alpha value is -1.64. The number of hydrogen-bond acceptors (Lipinski definition) is 2. The summed E-state index contributed by atoms with van der Waals surface area (Å²) in [5.74, 6) is 5.05. The van der Waals surface area contributed by atoms with Gasteiger partial charge in [0.2, 0.25) is 0 Å². The van der Waals surface area contributed by atoms with Crippen LogP contribution in [0, 0.1) is 6.92 Å². The highest BCUT2D eigenvalue weighted by atomic mass is 16.6. The van der Waals surface area contributed by atoms with Crippen LogP contribution >= 0.6 is 0 Å². The molecule has 0 radical (unpaired) electrons. The van der Waals surface area contributed by atoms with Crippen molar-refractivity contribution in [3.63, 3.8) is 0 Å². The Kier molecular flexibility index (Phi) is 3.91. The summed E-state index contributed by atoms with van der Waals surface area (Å²) < 4.78 is 0. The minimum atomic E-state index is 0.553. The van der Waals surface area contributed by atoms with Crippen molar-refractivity contribution in [2.45, 2.75) is 13.3 Å². The Morgan fingerprint density at radius 1 is 1.06 bits per heavy atom. The fraction of sp³-hybridized carbons (Fsp3) is 0.200. The van der Waals surface area contributed by atoms with Gasteiger partial charge in [-0.1, -0.05) is 48.5 Å². The quantitative estimate of drug-likeness (QED) is 0.815. The lowest BCUT2D eigenvalue weighted by Gasteiger charge is -2.07. The van der Waals surface area contributed by atoms with E-state index in [4.69, 9.17) is 5.90 Å². The number of nitrogens with two attached hydrogens (primary N) is 1. The van der Waals surface area contributed by atoms with Crippen LogP contribution in [0.25, 0.3) is 11.1 Å². The number of aryl methyl sites for hydroxylation is 1. The van der Waals surface area contributed by atoms with Crippen LogP contribution in [-0.4, -0.2) is 6.61 Å². The standard InChI is InChI=1S/C15H17NO/c1-12-5-2-3-8-15(12)14-7-4-6-13(11-14)9-10-17-16/h2-8,11H,9-10,16H2,1H3. The van der Waals surface area contributed by atoms with Crippen molar-refractivity contribution in [1.29, 1.82) is 0 Å². The van der Waals surface area contributed by atoms with E-state index in [2.05, 4.69) is 60.3 Å². The maximum absolute atomic E-state index is 5.05. The van der Waals surface area contributed by atoms with Crippen LogP contribution in [0.2, 0.25) is 0 Å². The van der Waals surface area contributed by atoms with Gasteiger partial charge in [-0.2, -0.15) is 0 Å². The Morgan fingerprint density at radius 3 is 2.65 bits per heavy atom. The van der Waals surface area contributed by atoms with Gasteiger partial charge in [-0.25, -0.2) is 5.90 Å². The molecule has 0 atom stereocenters. The van der Waals surface area contributed by atoms with E-state index in [1.165, 1.54) is 22.3 Å². The van der Waals surface area contributed by atoms with Crippen molar-refractivity contribution >= 4 is 0 Å². The molecule has 0 spiro atoms. The topological polar surface area (TPSA) is 35.2 Å². The van der Waals surface area contributed by atoms with E-state index in [1.54, 1.807) is 0 Å². The first-order valence-electron chi connectivity index (χ1n) is 5.78. The second-order valence-corrected chi connectivity index (χ2v) is 4.14. The monoisotopic (exact) mass is 227 g/mol. The first kappa shape index (κ1) is 11.8. The lowest BCUT2D eigenvalue weighted by atomic mass is 9.98. The summed E-state index contributed by atoms with van der Waals surface area (Å²) in [5.41, 5.74) is 5.07. The van der Waals surface area contributed by atoms with Gasteiger partial charge in [-0.15, -0.1) is 0 Å². The Balaban J connectivity index is 2.30. The van der Waals surface area contributed by atoms with Gasteiger partial charge >= 0.3 is 0 Å². The van der Waals surface area contributed by atoms with Gasteiger partial charge < -0.3 is 4.84 Å². The van der Waals surface area contributed by atoms with Crippen LogP contribution in [0.15, 0.2) is 48.5 Å². The Labute approximate surface area is 102 Å². The fourth-order valence-corrected chi connectivity index (χ4v) is 1.97. The maximum atomic E-state index is 5.05. The molecule has 2 rings (SSSR count). The maximum Gasteiger partial charge on any atom is 0.0719 e. The molecule has 0 aromatic heterocycles. The molecular formula is C15H17NO. The lowest BCUT2D eigenvalue weighted by molar-refractivity contribution is 0.141. The van der Waals surface area contributed by atoms with Crippen LogP contribution in [0.1, 0.15) is 11.1 Å². The minimum absolute atomic E-state index is 0.553. The number of benzene rings is 2. The number of hydrogen-bond donors (Lipinski definition) is 1. The second kappa shape index (κ2) is 5.62. The van der Waals surface area contributed by atoms with Crippen molar-refractivity contribution in [2.75, 3.05) is 6.61 Å². The summed E-state index contributed by atoms with van der Waals surface area (Å²) >= 11 is 0. The normalized spacial score (nSPS) is 10.5. The van der Waals surface area contributed by atoms with Crippen molar-refractivity contribution < 1.29 is 4.84 Å². The largest absolute Gasteiger partial charge is 0.304 e. The SMILES string of the molecule is Cc1ccccc1-c1cccc(CCON)c1. The van der Waals surface area contributed by atoms with E-state index in [9.17, 15) is 0 Å². The van der Waals surface area contributed by atoms with Gasteiger partial charge in [0.05, 0.1) is 6.61 Å². The molecule has 2 nitrogen and oxygen atoms in total. The van der Waals surface area contributed by atoms with E-state index in [0.717, 1.165) is 6.42 Å². The molecule has 2 N–H and O–H groups in total. The van der Waals surface area contributed by atoms with Crippen LogP contribution in [-0.2, 0) is 11.3 Å². The van der Waals surface area contributed by atoms with E-state index in [0.29, 0.717) is 6.61 Å². The smallest absolute Gasteiger partial charge is 0.0719 e. The minimum Gasteiger partial charge on any atom is -0.304 e. The molecule has 88 valence electrons. The molecule has 17 heavy (non-hydrogen) atoms. The van der Waals surface area contributed by atoms with Crippen LogP contribution in [0.4, 0.5) is 0 Å². The molecule has 0 fully saturated rings. The highest BCUT2D eigenvalue weighted by Gasteiger charge is 2.01. The third-order valence-electron chi connectivity index (χ3n) is 2.89. The molecular weight excluding hydrogens is 210 g/mol. The molecule has 2 heteroatoms. The predicted molar refractivity (Wildman–Crippen MR) is 70.5 cm³/mol. The van der Waals surface area contributed by atoms with Crippen LogP contribution < -0.4 is 5.90 Å². The first-order chi connectivity index (χ1) is 8.31. The van der Waals surface area contributed by atoms with E-state index < -0.39 is 0 Å². The van der Waals surface area contributed by atoms with Crippen molar-refractivity contribution in [2.24, 2.45) is 5.90 Å². The molecule has 0 saturated heterocycles. The second-order valence-electron chi connectivity index (χ2n) is 4.14. The molecule has 0 aliphatic heterocycles. The predicted octanol–water partition coefficient (Wildman–Crippen LogP) is 3.09. The Morgan fingerprint density at radius 2 is 1.88 bits per heavy atom. The molecule has 0 saturated carbocycles. The highest BCUT2D eigenvalue weighted by molar-refractivity contribution is 5.67. The zero-order valence-corrected chi connectivity index (χ0v) is 10.0. The lowest BCUT2D eigenvalue weighted by Crippen LogP contribution is -2.03. The van der Waals surface area contributed by atoms with Gasteiger partial charge in [0, 0.05) is 0 Å². The van der Waals surface area contributed by atoms with Crippen LogP contribution in [0.3, 0.4) is 0 Å². The molecule has 0 amide bonds. The summed E-state index contributed by atoms with van der Waals surface area (Å²) in [7, 11) is 0. The zero-order valence-electron chi connectivity index (χ0n) is 10.0. The molecule has 0 heterocycles. The summed E-state index contributed by atoms with van der Waals surface area (Å²) in [4.78, 5) is 4.62. The molecule has 0 aliphatic carbocycles. The third-order valence-corrected chi connectivity index (χ3v) is 2.89. The summed E-state index contributed by atoms with van der Waals surface area (Å²) in [6.07, 6.45) is 0.843. The molecule has 0 aliphatic rings. The molecule has 2 aromatic carbocycles. The van der Waals surface area contributed by atoms with Gasteiger partial charge in [-0.05, 0) is 35.6 Å². The Bertz CT molecular complexity index is 494. The van der Waals surface area contributed by atoms with Gasteiger partial charge in [0.1, 0.15) is 0 Å². The molecule has 2 aromatic rings. The van der Waals surface area contributed by atoms with Crippen LogP contribution in [0.5, 0.6) is 0 Å². The summed E-state index contributed by atoms with van der Waals surface area (Å²) in [6, 6.07) is 16.9. The van der Waals surface area contributed by atoms with Crippen molar-refractivity contribution in [1.82, 2.24) is 0 Å². The summed E-state index contributed by atoms with van der Waals surface area (Å²) in [5, 5.41) is 0. The summed E-state index contributed by atoms with van der Waals surface area (Å²) in [6.45, 7) is 2.68. The zero-order chi connectivity index (χ0) is 12.1.